The number of aliphatic carboxylic acids is 1. The number of phenolic OH excluding ortho intramolecular Hbond substituents is 1. The molecule has 0 bridgehead atoms. The molecule has 0 aromatic heterocycles. The third-order valence-electron chi connectivity index (χ3n) is 4.49. The Hall–Kier alpha value is -2.08. The average molecular weight is 320 g/mol. The van der Waals surface area contributed by atoms with Crippen LogP contribution in [0.4, 0.5) is 0 Å². The number of phenols is 1. The minimum absolute atomic E-state index is 0.184. The van der Waals surface area contributed by atoms with Crippen molar-refractivity contribution in [3.63, 3.8) is 0 Å². The van der Waals surface area contributed by atoms with E-state index in [2.05, 4.69) is 5.32 Å². The molecule has 0 unspecified atom stereocenters. The molecule has 0 saturated heterocycles. The fourth-order valence-corrected chi connectivity index (χ4v) is 2.97. The molecule has 1 atom stereocenters. The molecule has 0 radical (unpaired) electrons. The van der Waals surface area contributed by atoms with Crippen molar-refractivity contribution in [2.45, 2.75) is 38.1 Å². The van der Waals surface area contributed by atoms with Gasteiger partial charge in [0.25, 0.3) is 0 Å². The van der Waals surface area contributed by atoms with Gasteiger partial charge in [0.2, 0.25) is 5.91 Å². The molecule has 23 heavy (non-hydrogen) atoms. The Morgan fingerprint density at radius 3 is 2.35 bits per heavy atom. The molecule has 5 N–H and O–H groups in total. The van der Waals surface area contributed by atoms with Crippen LogP contribution in [-0.2, 0) is 16.0 Å². The van der Waals surface area contributed by atoms with Crippen LogP contribution >= 0.6 is 0 Å². The maximum atomic E-state index is 12.0. The largest absolute Gasteiger partial charge is 0.508 e. The molecule has 2 rings (SSSR count). The second-order valence-corrected chi connectivity index (χ2v) is 6.28. The van der Waals surface area contributed by atoms with E-state index in [1.54, 1.807) is 24.3 Å². The van der Waals surface area contributed by atoms with Gasteiger partial charge in [0.1, 0.15) is 5.75 Å². The molecule has 0 heterocycles. The first-order valence-corrected chi connectivity index (χ1v) is 7.99. The van der Waals surface area contributed by atoms with Gasteiger partial charge in [-0.2, -0.15) is 0 Å². The van der Waals surface area contributed by atoms with Crippen LogP contribution in [0.3, 0.4) is 0 Å². The van der Waals surface area contributed by atoms with Gasteiger partial charge in [0.15, 0.2) is 0 Å². The zero-order valence-electron chi connectivity index (χ0n) is 13.1. The Kier molecular flexibility index (Phi) is 5.98. The molecule has 0 aliphatic heterocycles. The number of rotatable bonds is 6. The molecule has 1 saturated carbocycles. The molecule has 6 nitrogen and oxygen atoms in total. The highest BCUT2D eigenvalue weighted by molar-refractivity contribution is 5.81. The van der Waals surface area contributed by atoms with Gasteiger partial charge in [-0.25, -0.2) is 0 Å². The third kappa shape index (κ3) is 5.25. The number of carboxylic acid groups (broad SMARTS) is 1. The van der Waals surface area contributed by atoms with Crippen LogP contribution in [-0.4, -0.2) is 34.7 Å². The van der Waals surface area contributed by atoms with Crippen LogP contribution in [0.2, 0.25) is 0 Å². The van der Waals surface area contributed by atoms with E-state index in [-0.39, 0.29) is 17.6 Å². The van der Waals surface area contributed by atoms with Crippen molar-refractivity contribution < 1.29 is 19.8 Å². The summed E-state index contributed by atoms with van der Waals surface area (Å²) in [6, 6.07) is 6.00. The summed E-state index contributed by atoms with van der Waals surface area (Å²) in [7, 11) is 0. The Bertz CT molecular complexity index is 536. The lowest BCUT2D eigenvalue weighted by atomic mass is 9.82. The van der Waals surface area contributed by atoms with Crippen molar-refractivity contribution in [2.75, 3.05) is 6.54 Å². The number of carbonyl (C=O) groups is 2. The summed E-state index contributed by atoms with van der Waals surface area (Å²) < 4.78 is 0. The van der Waals surface area contributed by atoms with E-state index >= 15 is 0 Å². The Balaban J connectivity index is 1.72. The quantitative estimate of drug-likeness (QED) is 0.630. The number of carboxylic acids is 1. The van der Waals surface area contributed by atoms with Crippen LogP contribution in [0.5, 0.6) is 5.75 Å². The summed E-state index contributed by atoms with van der Waals surface area (Å²) in [6.45, 7) is 0.550. The summed E-state index contributed by atoms with van der Waals surface area (Å²) in [6.07, 6.45) is 3.41. The number of amides is 1. The highest BCUT2D eigenvalue weighted by Crippen LogP contribution is 2.28. The fourth-order valence-electron chi connectivity index (χ4n) is 2.97. The summed E-state index contributed by atoms with van der Waals surface area (Å²) in [5.74, 6) is -0.639. The lowest BCUT2D eigenvalue weighted by Crippen LogP contribution is -2.44. The van der Waals surface area contributed by atoms with Gasteiger partial charge < -0.3 is 21.3 Å². The van der Waals surface area contributed by atoms with E-state index in [1.807, 2.05) is 0 Å². The number of nitrogens with one attached hydrogen (secondary N) is 1. The summed E-state index contributed by atoms with van der Waals surface area (Å²) >= 11 is 0. The number of carbonyl (C=O) groups excluding carboxylic acids is 1. The minimum Gasteiger partial charge on any atom is -0.508 e. The van der Waals surface area contributed by atoms with E-state index in [9.17, 15) is 14.7 Å². The fraction of sp³-hybridized carbons (Fsp3) is 0.529. The Morgan fingerprint density at radius 2 is 1.78 bits per heavy atom. The monoisotopic (exact) mass is 320 g/mol. The zero-order valence-corrected chi connectivity index (χ0v) is 13.1. The summed E-state index contributed by atoms with van der Waals surface area (Å²) in [4.78, 5) is 23.0. The predicted molar refractivity (Wildman–Crippen MR) is 85.9 cm³/mol. The van der Waals surface area contributed by atoms with Crippen LogP contribution in [0, 0.1) is 11.8 Å². The van der Waals surface area contributed by atoms with E-state index < -0.39 is 12.0 Å². The summed E-state index contributed by atoms with van der Waals surface area (Å²) in [5, 5.41) is 21.1. The number of nitrogens with two attached hydrogens (primary N) is 1. The first-order chi connectivity index (χ1) is 11.0. The van der Waals surface area contributed by atoms with Crippen LogP contribution in [0.15, 0.2) is 24.3 Å². The van der Waals surface area contributed by atoms with Crippen molar-refractivity contribution in [3.05, 3.63) is 29.8 Å². The normalized spacial score (nSPS) is 22.3. The zero-order chi connectivity index (χ0) is 16.8. The van der Waals surface area contributed by atoms with Crippen molar-refractivity contribution in [2.24, 2.45) is 17.6 Å². The van der Waals surface area contributed by atoms with Crippen LogP contribution in [0.25, 0.3) is 0 Å². The second kappa shape index (κ2) is 7.97. The van der Waals surface area contributed by atoms with Gasteiger partial charge in [-0.1, -0.05) is 12.1 Å². The highest BCUT2D eigenvalue weighted by Gasteiger charge is 2.26. The van der Waals surface area contributed by atoms with Crippen LogP contribution in [0.1, 0.15) is 31.2 Å². The molecule has 0 spiro atoms. The first kappa shape index (κ1) is 17.3. The third-order valence-corrected chi connectivity index (χ3v) is 4.49. The number of aromatic hydroxyl groups is 1. The SMILES string of the molecule is N[C@@H](Cc1ccc(O)cc1)C(=O)NC[C@H]1CC[C@H](C(=O)O)CC1. The van der Waals surface area contributed by atoms with E-state index in [4.69, 9.17) is 10.8 Å². The van der Waals surface area contributed by atoms with Gasteiger partial charge in [-0.05, 0) is 55.7 Å². The van der Waals surface area contributed by atoms with Crippen molar-refractivity contribution >= 4 is 11.9 Å². The smallest absolute Gasteiger partial charge is 0.306 e. The number of hydrogen-bond donors (Lipinski definition) is 4. The molecule has 1 aliphatic rings. The molecule has 1 amide bonds. The molecule has 1 aliphatic carbocycles. The molecular weight excluding hydrogens is 296 g/mol. The maximum Gasteiger partial charge on any atom is 0.306 e. The molecular formula is C17H24N2O4. The van der Waals surface area contributed by atoms with Crippen molar-refractivity contribution in [1.82, 2.24) is 5.32 Å². The second-order valence-electron chi connectivity index (χ2n) is 6.28. The molecule has 1 aromatic carbocycles. The standard InChI is InChI=1S/C17H24N2O4/c18-15(9-11-3-7-14(20)8-4-11)16(21)19-10-12-1-5-13(6-2-12)17(22)23/h3-4,7-8,12-13,15,20H,1-2,5-6,9-10,18H2,(H,19,21)(H,22,23)/t12-,13-,15-/m0/s1. The Morgan fingerprint density at radius 1 is 1.17 bits per heavy atom. The van der Waals surface area contributed by atoms with E-state index in [0.717, 1.165) is 18.4 Å². The highest BCUT2D eigenvalue weighted by atomic mass is 16.4. The van der Waals surface area contributed by atoms with Gasteiger partial charge in [0.05, 0.1) is 12.0 Å². The van der Waals surface area contributed by atoms with E-state index in [1.165, 1.54) is 0 Å². The summed E-state index contributed by atoms with van der Waals surface area (Å²) in [5.41, 5.74) is 6.81. The Labute approximate surface area is 135 Å². The van der Waals surface area contributed by atoms with Gasteiger partial charge in [-0.3, -0.25) is 9.59 Å². The number of benzene rings is 1. The lowest BCUT2D eigenvalue weighted by Gasteiger charge is -2.26. The predicted octanol–water partition coefficient (Wildman–Crippen LogP) is 1.27. The van der Waals surface area contributed by atoms with Gasteiger partial charge in [0, 0.05) is 6.54 Å². The minimum atomic E-state index is -0.719. The van der Waals surface area contributed by atoms with Gasteiger partial charge in [-0.15, -0.1) is 0 Å². The molecule has 1 fully saturated rings. The first-order valence-electron chi connectivity index (χ1n) is 7.99. The van der Waals surface area contributed by atoms with Crippen LogP contribution < -0.4 is 11.1 Å². The molecule has 126 valence electrons. The topological polar surface area (TPSA) is 113 Å². The van der Waals surface area contributed by atoms with Gasteiger partial charge >= 0.3 is 5.97 Å². The average Bonchev–Trinajstić information content (AvgIpc) is 2.55. The van der Waals surface area contributed by atoms with E-state index in [0.29, 0.717) is 31.7 Å². The number of hydrogen-bond acceptors (Lipinski definition) is 4. The molecule has 6 heteroatoms. The van der Waals surface area contributed by atoms with Crippen molar-refractivity contribution in [3.8, 4) is 5.75 Å². The van der Waals surface area contributed by atoms with Crippen molar-refractivity contribution in [1.29, 1.82) is 0 Å². The molecule has 1 aromatic rings. The maximum absolute atomic E-state index is 12.0. The lowest BCUT2D eigenvalue weighted by molar-refractivity contribution is -0.143.